The van der Waals surface area contributed by atoms with Gasteiger partial charge >= 0.3 is 0 Å². The molecule has 0 radical (unpaired) electrons. The first-order valence-corrected chi connectivity index (χ1v) is 4.44. The highest BCUT2D eigenvalue weighted by Gasteiger charge is 2.23. The standard InChI is InChI=1S/C12H14O/c1-3-10-12(13,4-2)11-8-6-5-7-9-11/h5-9,13H,4H2,1-2H3/t12-/m0/s1. The van der Waals surface area contributed by atoms with E-state index < -0.39 is 5.60 Å². The number of hydrogen-bond donors (Lipinski definition) is 1. The van der Waals surface area contributed by atoms with Crippen molar-refractivity contribution in [3.63, 3.8) is 0 Å². The van der Waals surface area contributed by atoms with E-state index in [4.69, 9.17) is 0 Å². The Morgan fingerprint density at radius 2 is 1.92 bits per heavy atom. The topological polar surface area (TPSA) is 20.2 Å². The smallest absolute Gasteiger partial charge is 0.150 e. The number of aliphatic hydroxyl groups is 1. The van der Waals surface area contributed by atoms with Gasteiger partial charge in [0.25, 0.3) is 0 Å². The summed E-state index contributed by atoms with van der Waals surface area (Å²) in [6.45, 7) is 3.67. The molecule has 0 saturated heterocycles. The van der Waals surface area contributed by atoms with Crippen molar-refractivity contribution in [3.05, 3.63) is 35.9 Å². The van der Waals surface area contributed by atoms with Crippen molar-refractivity contribution in [2.24, 2.45) is 0 Å². The minimum absolute atomic E-state index is 0.609. The third-order valence-corrected chi connectivity index (χ3v) is 2.09. The van der Waals surface area contributed by atoms with E-state index >= 15 is 0 Å². The van der Waals surface area contributed by atoms with Crippen LogP contribution in [-0.2, 0) is 5.60 Å². The highest BCUT2D eigenvalue weighted by molar-refractivity contribution is 5.31. The molecule has 0 heterocycles. The number of benzene rings is 1. The molecule has 0 bridgehead atoms. The molecule has 0 fully saturated rings. The molecule has 1 atom stereocenters. The molecule has 1 aromatic carbocycles. The van der Waals surface area contributed by atoms with E-state index in [-0.39, 0.29) is 0 Å². The molecule has 0 spiro atoms. The van der Waals surface area contributed by atoms with Crippen LogP contribution in [-0.4, -0.2) is 5.11 Å². The molecule has 1 rings (SSSR count). The van der Waals surface area contributed by atoms with Crippen molar-refractivity contribution in [3.8, 4) is 11.8 Å². The predicted molar refractivity (Wildman–Crippen MR) is 54.1 cm³/mol. The van der Waals surface area contributed by atoms with Gasteiger partial charge in [-0.2, -0.15) is 0 Å². The first-order valence-electron chi connectivity index (χ1n) is 4.44. The van der Waals surface area contributed by atoms with Crippen LogP contribution in [0.4, 0.5) is 0 Å². The zero-order chi connectivity index (χ0) is 9.73. The van der Waals surface area contributed by atoms with E-state index in [0.717, 1.165) is 5.56 Å². The molecule has 1 N–H and O–H groups in total. The molecule has 1 aromatic rings. The van der Waals surface area contributed by atoms with Gasteiger partial charge in [-0.25, -0.2) is 0 Å². The maximum Gasteiger partial charge on any atom is 0.150 e. The Labute approximate surface area is 79.4 Å². The van der Waals surface area contributed by atoms with E-state index in [9.17, 15) is 5.11 Å². The number of hydrogen-bond acceptors (Lipinski definition) is 1. The largest absolute Gasteiger partial charge is 0.373 e. The quantitative estimate of drug-likeness (QED) is 0.682. The van der Waals surface area contributed by atoms with Gasteiger partial charge in [-0.15, -0.1) is 5.92 Å². The predicted octanol–water partition coefficient (Wildman–Crippen LogP) is 2.31. The average molecular weight is 174 g/mol. The van der Waals surface area contributed by atoms with Crippen LogP contribution in [0.15, 0.2) is 30.3 Å². The van der Waals surface area contributed by atoms with Crippen LogP contribution in [0.25, 0.3) is 0 Å². The van der Waals surface area contributed by atoms with Gasteiger partial charge in [-0.1, -0.05) is 43.2 Å². The van der Waals surface area contributed by atoms with Crippen LogP contribution in [0.5, 0.6) is 0 Å². The van der Waals surface area contributed by atoms with Crippen LogP contribution < -0.4 is 0 Å². The van der Waals surface area contributed by atoms with Crippen molar-refractivity contribution in [1.29, 1.82) is 0 Å². The molecule has 0 aromatic heterocycles. The summed E-state index contributed by atoms with van der Waals surface area (Å²) in [5.41, 5.74) is -0.109. The first-order chi connectivity index (χ1) is 6.23. The molecule has 1 nitrogen and oxygen atoms in total. The molecule has 0 aliphatic carbocycles. The zero-order valence-electron chi connectivity index (χ0n) is 8.04. The molecule has 0 aliphatic rings. The third kappa shape index (κ3) is 2.11. The third-order valence-electron chi connectivity index (χ3n) is 2.09. The molecular formula is C12H14O. The van der Waals surface area contributed by atoms with E-state index in [0.29, 0.717) is 6.42 Å². The summed E-state index contributed by atoms with van der Waals surface area (Å²) in [4.78, 5) is 0. The second-order valence-electron chi connectivity index (χ2n) is 2.95. The van der Waals surface area contributed by atoms with E-state index in [1.165, 1.54) is 0 Å². The lowest BCUT2D eigenvalue weighted by atomic mass is 9.92. The zero-order valence-corrected chi connectivity index (χ0v) is 8.04. The second-order valence-corrected chi connectivity index (χ2v) is 2.95. The molecule has 0 amide bonds. The van der Waals surface area contributed by atoms with Crippen molar-refractivity contribution < 1.29 is 5.11 Å². The highest BCUT2D eigenvalue weighted by Crippen LogP contribution is 2.23. The van der Waals surface area contributed by atoms with Crippen molar-refractivity contribution in [1.82, 2.24) is 0 Å². The fourth-order valence-electron chi connectivity index (χ4n) is 1.29. The van der Waals surface area contributed by atoms with Crippen molar-refractivity contribution >= 4 is 0 Å². The van der Waals surface area contributed by atoms with Crippen LogP contribution in [0.1, 0.15) is 25.8 Å². The molecular weight excluding hydrogens is 160 g/mol. The second kappa shape index (κ2) is 4.11. The van der Waals surface area contributed by atoms with Crippen LogP contribution >= 0.6 is 0 Å². The van der Waals surface area contributed by atoms with Gasteiger partial charge in [0.05, 0.1) is 0 Å². The van der Waals surface area contributed by atoms with Crippen molar-refractivity contribution in [2.45, 2.75) is 25.9 Å². The maximum atomic E-state index is 10.1. The van der Waals surface area contributed by atoms with Crippen molar-refractivity contribution in [2.75, 3.05) is 0 Å². The fourth-order valence-corrected chi connectivity index (χ4v) is 1.29. The SMILES string of the molecule is CC#C[C@@](O)(CC)c1ccccc1. The minimum atomic E-state index is -0.976. The first kappa shape index (κ1) is 9.83. The molecule has 0 aliphatic heterocycles. The van der Waals surface area contributed by atoms with Gasteiger partial charge in [0.1, 0.15) is 0 Å². The Bertz CT molecular complexity index is 318. The molecule has 13 heavy (non-hydrogen) atoms. The summed E-state index contributed by atoms with van der Waals surface area (Å²) in [6, 6.07) is 9.54. The van der Waals surface area contributed by atoms with Crippen LogP contribution in [0.3, 0.4) is 0 Å². The van der Waals surface area contributed by atoms with Gasteiger partial charge in [0.2, 0.25) is 0 Å². The maximum absolute atomic E-state index is 10.1. The monoisotopic (exact) mass is 174 g/mol. The number of rotatable bonds is 2. The Hall–Kier alpha value is -1.26. The summed E-state index contributed by atoms with van der Waals surface area (Å²) < 4.78 is 0. The van der Waals surface area contributed by atoms with Gasteiger partial charge in [0.15, 0.2) is 5.60 Å². The summed E-state index contributed by atoms with van der Waals surface area (Å²) in [5, 5.41) is 10.1. The lowest BCUT2D eigenvalue weighted by Gasteiger charge is -2.20. The average Bonchev–Trinajstić information content (AvgIpc) is 2.19. The summed E-state index contributed by atoms with van der Waals surface area (Å²) >= 11 is 0. The Kier molecular flexibility index (Phi) is 3.11. The Morgan fingerprint density at radius 1 is 1.31 bits per heavy atom. The summed E-state index contributed by atoms with van der Waals surface area (Å²) in [5.74, 6) is 5.59. The van der Waals surface area contributed by atoms with Gasteiger partial charge in [-0.3, -0.25) is 0 Å². The Morgan fingerprint density at radius 3 is 2.38 bits per heavy atom. The van der Waals surface area contributed by atoms with Gasteiger partial charge in [0, 0.05) is 0 Å². The normalized spacial score (nSPS) is 14.1. The van der Waals surface area contributed by atoms with Crippen LogP contribution in [0, 0.1) is 11.8 Å². The summed E-state index contributed by atoms with van der Waals surface area (Å²) in [7, 11) is 0. The molecule has 0 unspecified atom stereocenters. The summed E-state index contributed by atoms with van der Waals surface area (Å²) in [6.07, 6.45) is 0.609. The highest BCUT2D eigenvalue weighted by atomic mass is 16.3. The van der Waals surface area contributed by atoms with Crippen LogP contribution in [0.2, 0.25) is 0 Å². The van der Waals surface area contributed by atoms with E-state index in [2.05, 4.69) is 11.8 Å². The molecule has 0 saturated carbocycles. The fraction of sp³-hybridized carbons (Fsp3) is 0.333. The molecule has 1 heteroatoms. The Balaban J connectivity index is 3.08. The lowest BCUT2D eigenvalue weighted by molar-refractivity contribution is 0.0959. The van der Waals surface area contributed by atoms with E-state index in [1.54, 1.807) is 6.92 Å². The van der Waals surface area contributed by atoms with Gasteiger partial charge in [-0.05, 0) is 18.9 Å². The van der Waals surface area contributed by atoms with E-state index in [1.807, 2.05) is 37.3 Å². The minimum Gasteiger partial charge on any atom is -0.373 e. The van der Waals surface area contributed by atoms with Gasteiger partial charge < -0.3 is 5.11 Å². The lowest BCUT2D eigenvalue weighted by Crippen LogP contribution is -2.22. The molecule has 68 valence electrons.